The highest BCUT2D eigenvalue weighted by molar-refractivity contribution is 7.18. The Morgan fingerprint density at radius 2 is 1.93 bits per heavy atom. The van der Waals surface area contributed by atoms with E-state index in [0.717, 1.165) is 11.1 Å². The summed E-state index contributed by atoms with van der Waals surface area (Å²) in [6.07, 6.45) is 2.62. The average Bonchev–Trinajstić information content (AvgIpc) is 3.20. The molecule has 3 aromatic rings. The lowest BCUT2D eigenvalue weighted by molar-refractivity contribution is -0.132. The summed E-state index contributed by atoms with van der Waals surface area (Å²) in [6, 6.07) is 10.9. The molecule has 2 heterocycles. The molecule has 1 aromatic carbocycles. The minimum atomic E-state index is -0.679. The smallest absolute Gasteiger partial charge is 0.413 e. The van der Waals surface area contributed by atoms with E-state index in [1.165, 1.54) is 23.3 Å². The maximum atomic E-state index is 12.0. The van der Waals surface area contributed by atoms with Gasteiger partial charge in [0.25, 0.3) is 0 Å². The number of hydrogen-bond donors (Lipinski definition) is 2. The molecule has 3 rings (SSSR count). The average molecular weight is 447 g/mol. The van der Waals surface area contributed by atoms with Gasteiger partial charge in [-0.15, -0.1) is 10.2 Å². The molecular formula is C19H19ClN6O3S. The third-order valence-electron chi connectivity index (χ3n) is 3.91. The zero-order valence-corrected chi connectivity index (χ0v) is 17.6. The third-order valence-corrected chi connectivity index (χ3v) is 5.16. The molecule has 0 radical (unpaired) electrons. The van der Waals surface area contributed by atoms with Crippen LogP contribution in [0.2, 0.25) is 5.02 Å². The molecule has 2 aromatic heterocycles. The summed E-state index contributed by atoms with van der Waals surface area (Å²) in [6.45, 7) is 1.96. The predicted octanol–water partition coefficient (Wildman–Crippen LogP) is 3.36. The number of benzene rings is 1. The van der Waals surface area contributed by atoms with E-state index in [2.05, 4.69) is 25.9 Å². The van der Waals surface area contributed by atoms with Crippen LogP contribution in [0.5, 0.6) is 0 Å². The lowest BCUT2D eigenvalue weighted by Gasteiger charge is -2.22. The number of anilines is 1. The van der Waals surface area contributed by atoms with Gasteiger partial charge in [-0.3, -0.25) is 20.1 Å². The molecule has 0 bridgehead atoms. The minimum absolute atomic E-state index is 0.00303. The zero-order valence-electron chi connectivity index (χ0n) is 16.0. The first-order valence-electron chi connectivity index (χ1n) is 8.95. The lowest BCUT2D eigenvalue weighted by Crippen LogP contribution is -2.43. The number of ether oxygens (including phenoxy) is 1. The van der Waals surface area contributed by atoms with E-state index in [1.54, 1.807) is 30.6 Å². The molecule has 2 N–H and O–H groups in total. The van der Waals surface area contributed by atoms with E-state index in [9.17, 15) is 9.59 Å². The number of carbonyl (C=O) groups is 2. The molecule has 0 aliphatic heterocycles. The Bertz CT molecular complexity index is 1000. The maximum absolute atomic E-state index is 12.0. The molecule has 0 saturated carbocycles. The maximum Gasteiger partial charge on any atom is 0.413 e. The summed E-state index contributed by atoms with van der Waals surface area (Å²) in [5.41, 5.74) is 4.69. The second-order valence-electron chi connectivity index (χ2n) is 6.01. The van der Waals surface area contributed by atoms with Gasteiger partial charge in [-0.05, 0) is 23.8 Å². The van der Waals surface area contributed by atoms with Crippen molar-refractivity contribution in [2.45, 2.75) is 13.5 Å². The van der Waals surface area contributed by atoms with Gasteiger partial charge >= 0.3 is 6.09 Å². The molecule has 0 unspecified atom stereocenters. The van der Waals surface area contributed by atoms with E-state index in [1.807, 2.05) is 18.2 Å². The predicted molar refractivity (Wildman–Crippen MR) is 114 cm³/mol. The van der Waals surface area contributed by atoms with Crippen LogP contribution in [0, 0.1) is 0 Å². The fourth-order valence-electron chi connectivity index (χ4n) is 2.41. The first kappa shape index (κ1) is 21.6. The van der Waals surface area contributed by atoms with Gasteiger partial charge in [-0.25, -0.2) is 10.2 Å². The summed E-state index contributed by atoms with van der Waals surface area (Å²) in [7, 11) is 0. The number of rotatable bonds is 8. The highest BCUT2D eigenvalue weighted by atomic mass is 35.5. The van der Waals surface area contributed by atoms with Crippen LogP contribution in [0.3, 0.4) is 0 Å². The molecule has 0 spiro atoms. The fourth-order valence-corrected chi connectivity index (χ4v) is 3.35. The number of pyridine rings is 1. The van der Waals surface area contributed by atoms with E-state index in [-0.39, 0.29) is 19.1 Å². The first-order chi connectivity index (χ1) is 14.5. The number of nitrogens with zero attached hydrogens (tertiary/aromatic N) is 4. The zero-order chi connectivity index (χ0) is 21.3. The van der Waals surface area contributed by atoms with Crippen molar-refractivity contribution in [1.82, 2.24) is 25.6 Å². The van der Waals surface area contributed by atoms with Gasteiger partial charge in [0.05, 0.1) is 6.54 Å². The van der Waals surface area contributed by atoms with Crippen molar-refractivity contribution in [2.24, 2.45) is 0 Å². The molecule has 0 saturated heterocycles. The van der Waals surface area contributed by atoms with Crippen LogP contribution >= 0.6 is 22.9 Å². The Labute approximate surface area is 182 Å². The van der Waals surface area contributed by atoms with Crippen molar-refractivity contribution in [2.75, 3.05) is 18.5 Å². The Morgan fingerprint density at radius 1 is 1.17 bits per heavy atom. The topological polar surface area (TPSA) is 109 Å². The van der Waals surface area contributed by atoms with Gasteiger partial charge in [0.15, 0.2) is 0 Å². The van der Waals surface area contributed by atoms with Crippen molar-refractivity contribution >= 4 is 40.1 Å². The highest BCUT2D eigenvalue weighted by Crippen LogP contribution is 2.25. The van der Waals surface area contributed by atoms with Crippen LogP contribution in [0.15, 0.2) is 48.8 Å². The molecule has 0 aliphatic rings. The largest absolute Gasteiger partial charge is 0.447 e. The summed E-state index contributed by atoms with van der Waals surface area (Å²) in [4.78, 5) is 27.7. The van der Waals surface area contributed by atoms with Gasteiger partial charge in [0, 0.05) is 36.4 Å². The monoisotopic (exact) mass is 446 g/mol. The first-order valence-corrected chi connectivity index (χ1v) is 10.1. The van der Waals surface area contributed by atoms with E-state index in [0.29, 0.717) is 21.7 Å². The van der Waals surface area contributed by atoms with E-state index in [4.69, 9.17) is 16.3 Å². The standard InChI is InChI=1S/C19H19ClN6O3S/c1-13(27)26(22-12-15-4-2-3-5-16(15)20)10-11-29-19(28)23-18-25-24-17(30-18)14-6-8-21-9-7-14/h2-9,22H,10-12H2,1H3,(H,23,25,28). The van der Waals surface area contributed by atoms with Gasteiger partial charge in [0.1, 0.15) is 11.6 Å². The van der Waals surface area contributed by atoms with Gasteiger partial charge in [-0.1, -0.05) is 41.1 Å². The summed E-state index contributed by atoms with van der Waals surface area (Å²) < 4.78 is 5.14. The number of halogens is 1. The van der Waals surface area contributed by atoms with Crippen LogP contribution in [0.25, 0.3) is 10.6 Å². The minimum Gasteiger partial charge on any atom is -0.447 e. The van der Waals surface area contributed by atoms with E-state index < -0.39 is 6.09 Å². The van der Waals surface area contributed by atoms with Crippen LogP contribution < -0.4 is 10.7 Å². The Hall–Kier alpha value is -3.08. The van der Waals surface area contributed by atoms with Gasteiger partial charge in [-0.2, -0.15) is 0 Å². The Kier molecular flexibility index (Phi) is 7.66. The third kappa shape index (κ3) is 6.21. The molecule has 9 nitrogen and oxygen atoms in total. The second-order valence-corrected chi connectivity index (χ2v) is 7.39. The summed E-state index contributed by atoms with van der Waals surface area (Å²) in [5, 5.41) is 13.4. The number of hydrogen-bond acceptors (Lipinski definition) is 8. The van der Waals surface area contributed by atoms with Gasteiger partial charge in [0.2, 0.25) is 11.0 Å². The lowest BCUT2D eigenvalue weighted by atomic mass is 10.2. The summed E-state index contributed by atoms with van der Waals surface area (Å²) >= 11 is 7.33. The van der Waals surface area contributed by atoms with Crippen LogP contribution in [0.4, 0.5) is 9.93 Å². The SMILES string of the molecule is CC(=O)N(CCOC(=O)Nc1nnc(-c2ccncc2)s1)NCc1ccccc1Cl. The van der Waals surface area contributed by atoms with E-state index >= 15 is 0 Å². The Morgan fingerprint density at radius 3 is 2.67 bits per heavy atom. The van der Waals surface area contributed by atoms with Crippen molar-refractivity contribution < 1.29 is 14.3 Å². The van der Waals surface area contributed by atoms with Crippen LogP contribution in [-0.4, -0.2) is 45.3 Å². The number of aromatic nitrogens is 3. The van der Waals surface area contributed by atoms with Crippen molar-refractivity contribution in [1.29, 1.82) is 0 Å². The van der Waals surface area contributed by atoms with Crippen molar-refractivity contribution in [3.05, 3.63) is 59.4 Å². The van der Waals surface area contributed by atoms with Crippen molar-refractivity contribution in [3.63, 3.8) is 0 Å². The number of amides is 2. The molecular weight excluding hydrogens is 428 g/mol. The molecule has 0 atom stereocenters. The molecule has 0 aliphatic carbocycles. The molecule has 2 amide bonds. The molecule has 11 heteroatoms. The molecule has 30 heavy (non-hydrogen) atoms. The highest BCUT2D eigenvalue weighted by Gasteiger charge is 2.13. The quantitative estimate of drug-likeness (QED) is 0.510. The van der Waals surface area contributed by atoms with Crippen LogP contribution in [-0.2, 0) is 16.1 Å². The van der Waals surface area contributed by atoms with Crippen molar-refractivity contribution in [3.8, 4) is 10.6 Å². The normalized spacial score (nSPS) is 10.5. The molecule has 156 valence electrons. The number of nitrogens with one attached hydrogen (secondary N) is 2. The Balaban J connectivity index is 1.45. The molecule has 0 fully saturated rings. The van der Waals surface area contributed by atoms with Crippen LogP contribution in [0.1, 0.15) is 12.5 Å². The number of carbonyl (C=O) groups excluding carboxylic acids is 2. The number of hydrazine groups is 1. The van der Waals surface area contributed by atoms with Gasteiger partial charge < -0.3 is 4.74 Å². The second kappa shape index (κ2) is 10.6. The summed E-state index contributed by atoms with van der Waals surface area (Å²) in [5.74, 6) is -0.211. The fraction of sp³-hybridized carbons (Fsp3) is 0.211.